The summed E-state index contributed by atoms with van der Waals surface area (Å²) in [4.78, 5) is 16.6. The summed E-state index contributed by atoms with van der Waals surface area (Å²) in [6.45, 7) is 7.13. The fourth-order valence-corrected chi connectivity index (χ4v) is 2.41. The second-order valence-electron chi connectivity index (χ2n) is 5.63. The minimum atomic E-state index is -0.462. The fraction of sp³-hybridized carbons (Fsp3) is 0.533. The molecular formula is C15H21ClN2O. The normalized spacial score (nSPS) is 16.6. The average molecular weight is 281 g/mol. The van der Waals surface area contributed by atoms with Crippen molar-refractivity contribution in [1.82, 2.24) is 4.90 Å². The van der Waals surface area contributed by atoms with Gasteiger partial charge >= 0.3 is 0 Å². The van der Waals surface area contributed by atoms with Crippen molar-refractivity contribution >= 4 is 23.2 Å². The van der Waals surface area contributed by atoms with Crippen LogP contribution in [-0.2, 0) is 4.79 Å². The Morgan fingerprint density at radius 3 is 2.26 bits per heavy atom. The molecule has 4 heteroatoms. The summed E-state index contributed by atoms with van der Waals surface area (Å²) in [6, 6.07) is 10.3. The summed E-state index contributed by atoms with van der Waals surface area (Å²) in [6.07, 6.45) is 0. The Balaban J connectivity index is 1.95. The summed E-state index contributed by atoms with van der Waals surface area (Å²) in [7, 11) is 0. The van der Waals surface area contributed by atoms with Crippen LogP contribution < -0.4 is 4.90 Å². The van der Waals surface area contributed by atoms with E-state index in [1.54, 1.807) is 0 Å². The molecule has 0 N–H and O–H groups in total. The molecule has 1 aliphatic rings. The number of anilines is 1. The number of nitrogens with zero attached hydrogens (tertiary/aromatic N) is 2. The molecular weight excluding hydrogens is 260 g/mol. The maximum Gasteiger partial charge on any atom is 0.229 e. The number of amides is 1. The molecule has 0 spiro atoms. The number of hydrogen-bond acceptors (Lipinski definition) is 2. The third-order valence-corrected chi connectivity index (χ3v) is 4.27. The minimum Gasteiger partial charge on any atom is -0.368 e. The van der Waals surface area contributed by atoms with Gasteiger partial charge < -0.3 is 9.80 Å². The lowest BCUT2D eigenvalue weighted by Crippen LogP contribution is -2.52. The van der Waals surface area contributed by atoms with E-state index in [1.165, 1.54) is 5.69 Å². The molecule has 0 aromatic heterocycles. The molecule has 0 radical (unpaired) electrons. The predicted octanol–water partition coefficient (Wildman–Crippen LogP) is 2.60. The Kier molecular flexibility index (Phi) is 4.35. The van der Waals surface area contributed by atoms with Crippen molar-refractivity contribution in [3.63, 3.8) is 0 Å². The van der Waals surface area contributed by atoms with Crippen molar-refractivity contribution in [2.75, 3.05) is 37.0 Å². The number of para-hydroxylation sites is 1. The highest BCUT2D eigenvalue weighted by Crippen LogP contribution is 2.23. The van der Waals surface area contributed by atoms with E-state index in [4.69, 9.17) is 11.6 Å². The molecule has 0 aliphatic carbocycles. The minimum absolute atomic E-state index is 0.162. The molecule has 0 saturated carbocycles. The summed E-state index contributed by atoms with van der Waals surface area (Å²) >= 11 is 5.87. The molecule has 0 unspecified atom stereocenters. The van der Waals surface area contributed by atoms with E-state index in [-0.39, 0.29) is 5.91 Å². The van der Waals surface area contributed by atoms with Gasteiger partial charge in [0.2, 0.25) is 5.91 Å². The van der Waals surface area contributed by atoms with Gasteiger partial charge in [-0.1, -0.05) is 18.2 Å². The van der Waals surface area contributed by atoms with Gasteiger partial charge in [-0.15, -0.1) is 11.6 Å². The van der Waals surface area contributed by atoms with Crippen LogP contribution in [0.5, 0.6) is 0 Å². The van der Waals surface area contributed by atoms with Gasteiger partial charge in [-0.25, -0.2) is 0 Å². The van der Waals surface area contributed by atoms with Gasteiger partial charge in [0, 0.05) is 37.7 Å². The van der Waals surface area contributed by atoms with Crippen molar-refractivity contribution in [1.29, 1.82) is 0 Å². The van der Waals surface area contributed by atoms with E-state index in [1.807, 2.05) is 36.9 Å². The van der Waals surface area contributed by atoms with Crippen LogP contribution in [0.15, 0.2) is 30.3 Å². The zero-order chi connectivity index (χ0) is 13.9. The number of alkyl halides is 1. The van der Waals surface area contributed by atoms with Gasteiger partial charge in [0.25, 0.3) is 0 Å². The van der Waals surface area contributed by atoms with E-state index in [9.17, 15) is 4.79 Å². The van der Waals surface area contributed by atoms with Gasteiger partial charge in [0.15, 0.2) is 0 Å². The zero-order valence-corrected chi connectivity index (χ0v) is 12.4. The molecule has 3 nitrogen and oxygen atoms in total. The van der Waals surface area contributed by atoms with Crippen molar-refractivity contribution < 1.29 is 4.79 Å². The van der Waals surface area contributed by atoms with Crippen molar-refractivity contribution in [3.05, 3.63) is 30.3 Å². The highest BCUT2D eigenvalue weighted by atomic mass is 35.5. The lowest BCUT2D eigenvalue weighted by atomic mass is 9.94. The molecule has 19 heavy (non-hydrogen) atoms. The number of carbonyl (C=O) groups is 1. The van der Waals surface area contributed by atoms with Crippen molar-refractivity contribution in [2.24, 2.45) is 5.41 Å². The van der Waals surface area contributed by atoms with Gasteiger partial charge in [-0.2, -0.15) is 0 Å². The molecule has 0 bridgehead atoms. The summed E-state index contributed by atoms with van der Waals surface area (Å²) in [5.74, 6) is 0.528. The maximum atomic E-state index is 12.3. The van der Waals surface area contributed by atoms with Crippen LogP contribution in [0.1, 0.15) is 13.8 Å². The lowest BCUT2D eigenvalue weighted by Gasteiger charge is -2.39. The van der Waals surface area contributed by atoms with Crippen LogP contribution in [0.25, 0.3) is 0 Å². The van der Waals surface area contributed by atoms with E-state index in [2.05, 4.69) is 17.0 Å². The number of rotatable bonds is 3. The third kappa shape index (κ3) is 3.21. The monoisotopic (exact) mass is 280 g/mol. The SMILES string of the molecule is CC(C)(CCl)C(=O)N1CCN(c2ccccc2)CC1. The molecule has 1 amide bonds. The van der Waals surface area contributed by atoms with Gasteiger partial charge in [-0.3, -0.25) is 4.79 Å². The number of piperazine rings is 1. The van der Waals surface area contributed by atoms with Gasteiger partial charge in [-0.05, 0) is 26.0 Å². The van der Waals surface area contributed by atoms with E-state index < -0.39 is 5.41 Å². The Morgan fingerprint density at radius 2 is 1.74 bits per heavy atom. The van der Waals surface area contributed by atoms with E-state index >= 15 is 0 Å². The first-order chi connectivity index (χ1) is 9.04. The van der Waals surface area contributed by atoms with Crippen LogP contribution in [0.4, 0.5) is 5.69 Å². The van der Waals surface area contributed by atoms with E-state index in [0.29, 0.717) is 5.88 Å². The predicted molar refractivity (Wildman–Crippen MR) is 79.7 cm³/mol. The Morgan fingerprint density at radius 1 is 1.16 bits per heavy atom. The molecule has 1 heterocycles. The standard InChI is InChI=1S/C15H21ClN2O/c1-15(2,12-16)14(19)18-10-8-17(9-11-18)13-6-4-3-5-7-13/h3-7H,8-12H2,1-2H3. The largest absolute Gasteiger partial charge is 0.368 e. The first kappa shape index (κ1) is 14.2. The topological polar surface area (TPSA) is 23.6 Å². The third-order valence-electron chi connectivity index (χ3n) is 3.60. The van der Waals surface area contributed by atoms with Crippen LogP contribution in [0.2, 0.25) is 0 Å². The maximum absolute atomic E-state index is 12.3. The summed E-state index contributed by atoms with van der Waals surface area (Å²) in [5, 5.41) is 0. The van der Waals surface area contributed by atoms with Crippen LogP contribution in [-0.4, -0.2) is 42.9 Å². The number of halogens is 1. The Bertz CT molecular complexity index is 425. The molecule has 2 rings (SSSR count). The molecule has 0 atom stereocenters. The van der Waals surface area contributed by atoms with Gasteiger partial charge in [0.05, 0.1) is 5.41 Å². The quantitative estimate of drug-likeness (QED) is 0.795. The lowest BCUT2D eigenvalue weighted by molar-refractivity contribution is -0.139. The van der Waals surface area contributed by atoms with Crippen LogP contribution in [0.3, 0.4) is 0 Å². The van der Waals surface area contributed by atoms with Crippen LogP contribution >= 0.6 is 11.6 Å². The summed E-state index contributed by atoms with van der Waals surface area (Å²) < 4.78 is 0. The molecule has 1 aliphatic heterocycles. The molecule has 1 saturated heterocycles. The van der Waals surface area contributed by atoms with Crippen molar-refractivity contribution in [3.8, 4) is 0 Å². The molecule has 1 aromatic rings. The smallest absolute Gasteiger partial charge is 0.229 e. The second-order valence-corrected chi connectivity index (χ2v) is 5.90. The summed E-state index contributed by atoms with van der Waals surface area (Å²) in [5.41, 5.74) is 0.766. The number of hydrogen-bond donors (Lipinski definition) is 0. The first-order valence-electron chi connectivity index (χ1n) is 6.70. The highest BCUT2D eigenvalue weighted by molar-refractivity contribution is 6.19. The fourth-order valence-electron chi connectivity index (χ4n) is 2.29. The van der Waals surface area contributed by atoms with Crippen molar-refractivity contribution in [2.45, 2.75) is 13.8 Å². The Labute approximate surface area is 120 Å². The first-order valence-corrected chi connectivity index (χ1v) is 7.23. The molecule has 1 aromatic carbocycles. The van der Waals surface area contributed by atoms with Gasteiger partial charge in [0.1, 0.15) is 0 Å². The highest BCUT2D eigenvalue weighted by Gasteiger charge is 2.32. The Hall–Kier alpha value is -1.22. The zero-order valence-electron chi connectivity index (χ0n) is 11.6. The average Bonchev–Trinajstić information content (AvgIpc) is 2.47. The van der Waals surface area contributed by atoms with E-state index in [0.717, 1.165) is 26.2 Å². The molecule has 1 fully saturated rings. The second kappa shape index (κ2) is 5.83. The number of carbonyl (C=O) groups excluding carboxylic acids is 1. The molecule has 104 valence electrons. The van der Waals surface area contributed by atoms with Crippen LogP contribution in [0, 0.1) is 5.41 Å². The number of benzene rings is 1.